The van der Waals surface area contributed by atoms with E-state index in [4.69, 9.17) is 0 Å². The molecule has 28 heavy (non-hydrogen) atoms. The number of carbonyl (C=O) groups excluding carboxylic acids is 2. The predicted octanol–water partition coefficient (Wildman–Crippen LogP) is 1.60. The summed E-state index contributed by atoms with van der Waals surface area (Å²) in [6.07, 6.45) is 2.68. The van der Waals surface area contributed by atoms with E-state index in [2.05, 4.69) is 10.6 Å². The van der Waals surface area contributed by atoms with Crippen molar-refractivity contribution in [2.24, 2.45) is 0 Å². The van der Waals surface area contributed by atoms with E-state index in [-0.39, 0.29) is 36.1 Å². The van der Waals surface area contributed by atoms with Crippen molar-refractivity contribution in [1.29, 1.82) is 0 Å². The lowest BCUT2D eigenvalue weighted by Gasteiger charge is -2.26. The summed E-state index contributed by atoms with van der Waals surface area (Å²) in [7, 11) is -3.85. The van der Waals surface area contributed by atoms with Crippen molar-refractivity contribution in [2.75, 3.05) is 25.0 Å². The number of amides is 2. The Morgan fingerprint density at radius 1 is 1.18 bits per heavy atom. The molecule has 1 fully saturated rings. The zero-order valence-corrected chi connectivity index (χ0v) is 15.6. The van der Waals surface area contributed by atoms with Gasteiger partial charge in [-0.3, -0.25) is 9.59 Å². The van der Waals surface area contributed by atoms with Crippen LogP contribution in [-0.2, 0) is 19.6 Å². The third-order valence-electron chi connectivity index (χ3n) is 4.02. The number of carbonyl (C=O) groups is 2. The summed E-state index contributed by atoms with van der Waals surface area (Å²) in [5, 5.41) is 5.14. The normalized spacial score (nSPS) is 15.4. The molecule has 1 heterocycles. The largest absolute Gasteiger partial charge is 0.354 e. The first-order chi connectivity index (χ1) is 13.3. The zero-order valence-electron chi connectivity index (χ0n) is 14.8. The summed E-state index contributed by atoms with van der Waals surface area (Å²) in [5.41, 5.74) is 0.811. The SMILES string of the molecule is O=C(/C=C/c1cccc(F)c1)Nc1cccc(S(=O)(=O)N2CCNC(=O)C2)c1. The van der Waals surface area contributed by atoms with Crippen LogP contribution >= 0.6 is 0 Å². The molecule has 0 unspecified atom stereocenters. The van der Waals surface area contributed by atoms with Gasteiger partial charge in [-0.25, -0.2) is 12.8 Å². The van der Waals surface area contributed by atoms with E-state index in [0.29, 0.717) is 5.56 Å². The van der Waals surface area contributed by atoms with Crippen LogP contribution in [0.5, 0.6) is 0 Å². The highest BCUT2D eigenvalue weighted by molar-refractivity contribution is 7.89. The highest BCUT2D eigenvalue weighted by Crippen LogP contribution is 2.20. The molecule has 2 N–H and O–H groups in total. The van der Waals surface area contributed by atoms with Gasteiger partial charge in [0, 0.05) is 24.9 Å². The summed E-state index contributed by atoms with van der Waals surface area (Å²) in [6.45, 7) is 0.190. The standard InChI is InChI=1S/C19H18FN3O4S/c20-15-4-1-3-14(11-15)7-8-18(24)22-16-5-2-6-17(12-16)28(26,27)23-10-9-21-19(25)13-23/h1-8,11-12H,9-10,13H2,(H,21,25)(H,22,24)/b8-7+. The number of hydrogen-bond donors (Lipinski definition) is 2. The average Bonchev–Trinajstić information content (AvgIpc) is 2.67. The molecule has 2 aromatic rings. The molecule has 1 aliphatic rings. The van der Waals surface area contributed by atoms with E-state index >= 15 is 0 Å². The minimum Gasteiger partial charge on any atom is -0.354 e. The van der Waals surface area contributed by atoms with Crippen LogP contribution in [0.25, 0.3) is 6.08 Å². The van der Waals surface area contributed by atoms with Gasteiger partial charge in [0.05, 0.1) is 11.4 Å². The van der Waals surface area contributed by atoms with Gasteiger partial charge in [0.2, 0.25) is 21.8 Å². The van der Waals surface area contributed by atoms with Crippen LogP contribution in [0.1, 0.15) is 5.56 Å². The number of anilines is 1. The average molecular weight is 403 g/mol. The first-order valence-corrected chi connectivity index (χ1v) is 9.90. The van der Waals surface area contributed by atoms with Crippen LogP contribution in [0.3, 0.4) is 0 Å². The van der Waals surface area contributed by atoms with Gasteiger partial charge in [0.25, 0.3) is 0 Å². The van der Waals surface area contributed by atoms with Crippen LogP contribution < -0.4 is 10.6 Å². The van der Waals surface area contributed by atoms with Crippen LogP contribution in [0.2, 0.25) is 0 Å². The smallest absolute Gasteiger partial charge is 0.248 e. The third kappa shape index (κ3) is 4.81. The first-order valence-electron chi connectivity index (χ1n) is 8.46. The summed E-state index contributed by atoms with van der Waals surface area (Å²) in [6, 6.07) is 11.5. The fraction of sp³-hybridized carbons (Fsp3) is 0.158. The number of piperazine rings is 1. The first kappa shape index (κ1) is 19.7. The second kappa shape index (κ2) is 8.32. The molecule has 1 saturated heterocycles. The van der Waals surface area contributed by atoms with Crippen molar-refractivity contribution in [3.05, 3.63) is 66.0 Å². The molecule has 0 radical (unpaired) electrons. The molecule has 0 spiro atoms. The third-order valence-corrected chi connectivity index (χ3v) is 5.86. The number of sulfonamides is 1. The van der Waals surface area contributed by atoms with Gasteiger partial charge in [0.15, 0.2) is 0 Å². The lowest BCUT2D eigenvalue weighted by molar-refractivity contribution is -0.122. The van der Waals surface area contributed by atoms with Crippen LogP contribution in [0, 0.1) is 5.82 Å². The summed E-state index contributed by atoms with van der Waals surface area (Å²) in [5.74, 6) is -1.26. The number of nitrogens with one attached hydrogen (secondary N) is 2. The molecule has 9 heteroatoms. The topological polar surface area (TPSA) is 95.6 Å². The quantitative estimate of drug-likeness (QED) is 0.742. The van der Waals surface area contributed by atoms with Crippen LogP contribution in [-0.4, -0.2) is 44.2 Å². The Hall–Kier alpha value is -3.04. The monoisotopic (exact) mass is 403 g/mol. The minimum atomic E-state index is -3.85. The molecule has 3 rings (SSSR count). The Labute approximate surface area is 161 Å². The Morgan fingerprint density at radius 2 is 1.96 bits per heavy atom. The van der Waals surface area contributed by atoms with Gasteiger partial charge in [-0.15, -0.1) is 0 Å². The van der Waals surface area contributed by atoms with E-state index in [9.17, 15) is 22.4 Å². The molecular formula is C19H18FN3O4S. The molecular weight excluding hydrogens is 385 g/mol. The molecule has 0 aliphatic carbocycles. The highest BCUT2D eigenvalue weighted by Gasteiger charge is 2.29. The molecule has 0 saturated carbocycles. The number of halogens is 1. The van der Waals surface area contributed by atoms with Crippen molar-refractivity contribution in [1.82, 2.24) is 9.62 Å². The Bertz CT molecular complexity index is 1040. The molecule has 2 aromatic carbocycles. The van der Waals surface area contributed by atoms with E-state index in [0.717, 1.165) is 4.31 Å². The van der Waals surface area contributed by atoms with Gasteiger partial charge in [-0.1, -0.05) is 18.2 Å². The van der Waals surface area contributed by atoms with Gasteiger partial charge in [-0.05, 0) is 42.0 Å². The molecule has 1 aliphatic heterocycles. The van der Waals surface area contributed by atoms with Crippen LogP contribution in [0.15, 0.2) is 59.5 Å². The summed E-state index contributed by atoms with van der Waals surface area (Å²) < 4.78 is 39.6. The van der Waals surface area contributed by atoms with Crippen molar-refractivity contribution >= 4 is 33.6 Å². The summed E-state index contributed by atoms with van der Waals surface area (Å²) in [4.78, 5) is 23.5. The summed E-state index contributed by atoms with van der Waals surface area (Å²) >= 11 is 0. The van der Waals surface area contributed by atoms with Gasteiger partial charge < -0.3 is 10.6 Å². The van der Waals surface area contributed by atoms with Crippen molar-refractivity contribution in [3.8, 4) is 0 Å². The maximum Gasteiger partial charge on any atom is 0.248 e. The second-order valence-corrected chi connectivity index (χ2v) is 8.03. The maximum absolute atomic E-state index is 13.2. The number of benzene rings is 2. The number of rotatable bonds is 5. The van der Waals surface area contributed by atoms with E-state index in [1.54, 1.807) is 12.1 Å². The molecule has 146 valence electrons. The molecule has 2 amide bonds. The predicted molar refractivity (Wildman–Crippen MR) is 102 cm³/mol. The van der Waals surface area contributed by atoms with E-state index < -0.39 is 21.7 Å². The second-order valence-electron chi connectivity index (χ2n) is 6.09. The fourth-order valence-corrected chi connectivity index (χ4v) is 4.11. The lowest BCUT2D eigenvalue weighted by Crippen LogP contribution is -2.49. The van der Waals surface area contributed by atoms with Crippen molar-refractivity contribution < 1.29 is 22.4 Å². The molecule has 0 aromatic heterocycles. The van der Waals surface area contributed by atoms with Gasteiger partial charge >= 0.3 is 0 Å². The maximum atomic E-state index is 13.2. The molecule has 0 bridgehead atoms. The number of hydrogen-bond acceptors (Lipinski definition) is 4. The fourth-order valence-electron chi connectivity index (χ4n) is 2.67. The van der Waals surface area contributed by atoms with Crippen molar-refractivity contribution in [3.63, 3.8) is 0 Å². The van der Waals surface area contributed by atoms with Gasteiger partial charge in [-0.2, -0.15) is 4.31 Å². The Balaban J connectivity index is 1.72. The zero-order chi connectivity index (χ0) is 20.1. The minimum absolute atomic E-state index is 0.0193. The molecule has 0 atom stereocenters. The van der Waals surface area contributed by atoms with E-state index in [1.165, 1.54) is 48.6 Å². The lowest BCUT2D eigenvalue weighted by atomic mass is 10.2. The highest BCUT2D eigenvalue weighted by atomic mass is 32.2. The Morgan fingerprint density at radius 3 is 2.71 bits per heavy atom. The Kier molecular flexibility index (Phi) is 5.86. The molecule has 7 nitrogen and oxygen atoms in total. The van der Waals surface area contributed by atoms with Crippen LogP contribution in [0.4, 0.5) is 10.1 Å². The van der Waals surface area contributed by atoms with Crippen molar-refractivity contribution in [2.45, 2.75) is 4.90 Å². The van der Waals surface area contributed by atoms with Gasteiger partial charge in [0.1, 0.15) is 5.82 Å². The number of nitrogens with zero attached hydrogens (tertiary/aromatic N) is 1. The van der Waals surface area contributed by atoms with E-state index in [1.807, 2.05) is 0 Å².